The number of ether oxygens (including phenoxy) is 1. The molecule has 1 unspecified atom stereocenters. The molecule has 0 saturated carbocycles. The highest BCUT2D eigenvalue weighted by Gasteiger charge is 2.54. The van der Waals surface area contributed by atoms with Crippen molar-refractivity contribution in [2.75, 3.05) is 17.7 Å². The van der Waals surface area contributed by atoms with Gasteiger partial charge in [0.15, 0.2) is 0 Å². The average Bonchev–Trinajstić information content (AvgIpc) is 2.73. The Balaban J connectivity index is 1.71. The van der Waals surface area contributed by atoms with Crippen molar-refractivity contribution >= 4 is 96.2 Å². The number of nitrogens with one attached hydrogen (secondary N) is 1. The van der Waals surface area contributed by atoms with Crippen LogP contribution in [0, 0.1) is 0 Å². The van der Waals surface area contributed by atoms with E-state index in [1.54, 1.807) is 0 Å². The van der Waals surface area contributed by atoms with Gasteiger partial charge in [0, 0.05) is 11.1 Å². The summed E-state index contributed by atoms with van der Waals surface area (Å²) in [7, 11) is 0. The minimum absolute atomic E-state index is 0.124. The lowest BCUT2D eigenvalue weighted by Gasteiger charge is -2.49. The molecule has 162 valence electrons. The number of carbonyl (C=O) groups is 3. The zero-order valence-electron chi connectivity index (χ0n) is 15.1. The number of amides is 2. The van der Waals surface area contributed by atoms with Crippen LogP contribution in [0.25, 0.3) is 0 Å². The largest absolute Gasteiger partial charge is 0.456 e. The first-order valence-electron chi connectivity index (χ1n) is 8.60. The van der Waals surface area contributed by atoms with Gasteiger partial charge < -0.3 is 10.1 Å². The van der Waals surface area contributed by atoms with Gasteiger partial charge >= 0.3 is 5.97 Å². The van der Waals surface area contributed by atoms with Crippen molar-refractivity contribution in [1.29, 1.82) is 0 Å². The molecule has 12 heteroatoms. The Bertz CT molecular complexity index is 882. The quantitative estimate of drug-likeness (QED) is 0.295. The highest BCUT2D eigenvalue weighted by atomic mass is 79.9. The van der Waals surface area contributed by atoms with Crippen molar-refractivity contribution in [2.24, 2.45) is 0 Å². The number of thioether (sulfide) groups is 1. The number of fused-ring (bicyclic) bond motifs is 1. The third-order valence-electron chi connectivity index (χ3n) is 4.39. The smallest absolute Gasteiger partial charge is 0.355 e. The van der Waals surface area contributed by atoms with Crippen LogP contribution >= 0.6 is 78.4 Å². The SMILES string of the molecule is O=C(OCC(Cl)(Cl)Cl)C1=C(CBr)CS[C@@H]2[C@H](NC(=O)C(Br)c3ccccc3)C(=O)N12. The third-order valence-corrected chi connectivity index (χ3v) is 7.68. The Morgan fingerprint density at radius 3 is 2.57 bits per heavy atom. The lowest BCUT2D eigenvalue weighted by molar-refractivity contribution is -0.152. The molecule has 30 heavy (non-hydrogen) atoms. The van der Waals surface area contributed by atoms with Crippen LogP contribution in [0.4, 0.5) is 0 Å². The van der Waals surface area contributed by atoms with Crippen LogP contribution < -0.4 is 5.32 Å². The van der Waals surface area contributed by atoms with Gasteiger partial charge in [-0.05, 0) is 11.1 Å². The van der Waals surface area contributed by atoms with Gasteiger partial charge in [0.25, 0.3) is 5.91 Å². The van der Waals surface area contributed by atoms with E-state index in [0.29, 0.717) is 16.7 Å². The van der Waals surface area contributed by atoms with Crippen molar-refractivity contribution in [3.05, 3.63) is 47.2 Å². The first kappa shape index (κ1) is 24.2. The summed E-state index contributed by atoms with van der Waals surface area (Å²) in [6.07, 6.45) is 0. The standard InChI is InChI=1S/C18H15Br2Cl3N2O4S/c19-6-10-7-30-16-12(24-14(26)11(20)9-4-2-1-3-5-9)15(27)25(16)13(10)17(28)29-8-18(21,22)23/h1-5,11-12,16H,6-8H2,(H,24,26)/t11?,12-,16-/m1/s1. The molecule has 0 spiro atoms. The summed E-state index contributed by atoms with van der Waals surface area (Å²) in [5, 5.41) is 2.72. The molecule has 3 rings (SSSR count). The molecule has 0 aromatic heterocycles. The Morgan fingerprint density at radius 2 is 1.97 bits per heavy atom. The molecule has 2 amide bonds. The molecule has 1 fully saturated rings. The second-order valence-electron chi connectivity index (χ2n) is 6.45. The van der Waals surface area contributed by atoms with Gasteiger partial charge in [-0.25, -0.2) is 4.79 Å². The number of esters is 1. The number of hydrogen-bond donors (Lipinski definition) is 1. The molecule has 2 heterocycles. The number of hydrogen-bond acceptors (Lipinski definition) is 5. The van der Waals surface area contributed by atoms with Gasteiger partial charge in [-0.1, -0.05) is 97.0 Å². The highest BCUT2D eigenvalue weighted by molar-refractivity contribution is 9.09. The lowest BCUT2D eigenvalue weighted by atomic mass is 10.0. The zero-order valence-corrected chi connectivity index (χ0v) is 21.4. The molecule has 1 aromatic rings. The highest BCUT2D eigenvalue weighted by Crippen LogP contribution is 2.41. The van der Waals surface area contributed by atoms with E-state index in [1.165, 1.54) is 16.7 Å². The number of nitrogens with zero attached hydrogens (tertiary/aromatic N) is 1. The predicted molar refractivity (Wildman–Crippen MR) is 125 cm³/mol. The Hall–Kier alpha value is -0.450. The summed E-state index contributed by atoms with van der Waals surface area (Å²) in [6, 6.07) is 8.38. The molecule has 1 aromatic carbocycles. The van der Waals surface area contributed by atoms with E-state index >= 15 is 0 Å². The molecule has 6 nitrogen and oxygen atoms in total. The van der Waals surface area contributed by atoms with Gasteiger partial charge in [0.2, 0.25) is 9.70 Å². The number of halogens is 5. The Morgan fingerprint density at radius 1 is 1.30 bits per heavy atom. The molecular weight excluding hydrogens is 606 g/mol. The maximum absolute atomic E-state index is 12.8. The summed E-state index contributed by atoms with van der Waals surface area (Å²) in [5.74, 6) is -0.995. The molecule has 0 radical (unpaired) electrons. The van der Waals surface area contributed by atoms with Gasteiger partial charge in [0.05, 0.1) is 0 Å². The van der Waals surface area contributed by atoms with Gasteiger partial charge in [-0.15, -0.1) is 11.8 Å². The molecule has 3 atom stereocenters. The summed E-state index contributed by atoms with van der Waals surface area (Å²) in [6.45, 7) is -0.447. The monoisotopic (exact) mass is 618 g/mol. The Labute approximate surface area is 209 Å². The van der Waals surface area contributed by atoms with Crippen molar-refractivity contribution < 1.29 is 19.1 Å². The number of benzene rings is 1. The molecule has 1 saturated heterocycles. The van der Waals surface area contributed by atoms with E-state index in [-0.39, 0.29) is 11.6 Å². The van der Waals surface area contributed by atoms with Crippen molar-refractivity contribution in [3.63, 3.8) is 0 Å². The normalized spacial score (nSPS) is 22.2. The number of rotatable bonds is 6. The fourth-order valence-electron chi connectivity index (χ4n) is 2.99. The summed E-state index contributed by atoms with van der Waals surface area (Å²) in [5.41, 5.74) is 1.58. The van der Waals surface area contributed by atoms with Crippen LogP contribution in [0.15, 0.2) is 41.6 Å². The first-order chi connectivity index (χ1) is 14.1. The van der Waals surface area contributed by atoms with Crippen LogP contribution in [0.3, 0.4) is 0 Å². The van der Waals surface area contributed by atoms with E-state index in [9.17, 15) is 14.4 Å². The minimum Gasteiger partial charge on any atom is -0.456 e. The summed E-state index contributed by atoms with van der Waals surface area (Å²) >= 11 is 25.1. The molecule has 0 aliphatic carbocycles. The number of carbonyl (C=O) groups excluding carboxylic acids is 3. The fraction of sp³-hybridized carbons (Fsp3) is 0.389. The van der Waals surface area contributed by atoms with E-state index in [2.05, 4.69) is 37.2 Å². The summed E-state index contributed by atoms with van der Waals surface area (Å²) < 4.78 is 3.32. The van der Waals surface area contributed by atoms with Crippen molar-refractivity contribution in [3.8, 4) is 0 Å². The number of alkyl halides is 5. The van der Waals surface area contributed by atoms with Gasteiger partial charge in [-0.3, -0.25) is 14.5 Å². The molecule has 2 aliphatic rings. The van der Waals surface area contributed by atoms with E-state index in [1.807, 2.05) is 30.3 Å². The van der Waals surface area contributed by atoms with Crippen molar-refractivity contribution in [2.45, 2.75) is 20.0 Å². The topological polar surface area (TPSA) is 75.7 Å². The maximum atomic E-state index is 12.8. The molecule has 1 N–H and O–H groups in total. The predicted octanol–water partition coefficient (Wildman–Crippen LogP) is 4.08. The molecular formula is C18H15Br2Cl3N2O4S. The fourth-order valence-corrected chi connectivity index (χ4v) is 5.66. The lowest BCUT2D eigenvalue weighted by Crippen LogP contribution is -2.70. The first-order valence-corrected chi connectivity index (χ1v) is 12.8. The van der Waals surface area contributed by atoms with Gasteiger partial charge in [-0.2, -0.15) is 0 Å². The van der Waals surface area contributed by atoms with Crippen LogP contribution in [-0.2, 0) is 19.1 Å². The Kier molecular flexibility index (Phi) is 8.07. The number of β-lactam (4-membered cyclic amide) rings is 1. The maximum Gasteiger partial charge on any atom is 0.355 e. The van der Waals surface area contributed by atoms with Crippen LogP contribution in [-0.4, -0.2) is 55.6 Å². The molecule has 2 aliphatic heterocycles. The van der Waals surface area contributed by atoms with Crippen LogP contribution in [0.2, 0.25) is 0 Å². The molecule has 0 bridgehead atoms. The van der Waals surface area contributed by atoms with Crippen molar-refractivity contribution in [1.82, 2.24) is 10.2 Å². The second-order valence-corrected chi connectivity index (χ2v) is 11.5. The van der Waals surface area contributed by atoms with E-state index < -0.39 is 38.5 Å². The zero-order chi connectivity index (χ0) is 22.1. The van der Waals surface area contributed by atoms with E-state index in [0.717, 1.165) is 5.56 Å². The second kappa shape index (κ2) is 10.0. The van der Waals surface area contributed by atoms with Gasteiger partial charge in [0.1, 0.15) is 28.5 Å². The average molecular weight is 622 g/mol. The minimum atomic E-state index is -1.76. The summed E-state index contributed by atoms with van der Waals surface area (Å²) in [4.78, 5) is 38.8. The van der Waals surface area contributed by atoms with E-state index in [4.69, 9.17) is 39.5 Å². The van der Waals surface area contributed by atoms with Crippen LogP contribution in [0.5, 0.6) is 0 Å². The van der Waals surface area contributed by atoms with Crippen LogP contribution in [0.1, 0.15) is 10.4 Å². The third kappa shape index (κ3) is 5.30.